The lowest BCUT2D eigenvalue weighted by molar-refractivity contribution is 0.0698. The van der Waals surface area contributed by atoms with Crippen molar-refractivity contribution in [1.82, 2.24) is 0 Å². The third-order valence-corrected chi connectivity index (χ3v) is 3.02. The number of carboxylic acid groups (broad SMARTS) is 1. The third kappa shape index (κ3) is 2.85. The number of rotatable bonds is 3. The van der Waals surface area contributed by atoms with Crippen LogP contribution >= 0.6 is 0 Å². The maximum absolute atomic E-state index is 12.2. The van der Waals surface area contributed by atoms with Gasteiger partial charge >= 0.3 is 5.97 Å². The van der Waals surface area contributed by atoms with Crippen molar-refractivity contribution in [3.63, 3.8) is 0 Å². The van der Waals surface area contributed by atoms with Gasteiger partial charge in [0.05, 0.1) is 11.3 Å². The van der Waals surface area contributed by atoms with E-state index in [4.69, 9.17) is 5.11 Å². The van der Waals surface area contributed by atoms with Crippen LogP contribution in [0.15, 0.2) is 42.5 Å². The van der Waals surface area contributed by atoms with E-state index in [9.17, 15) is 9.59 Å². The second kappa shape index (κ2) is 5.57. The molecule has 0 saturated heterocycles. The van der Waals surface area contributed by atoms with E-state index in [1.54, 1.807) is 37.3 Å². The van der Waals surface area contributed by atoms with Gasteiger partial charge in [-0.05, 0) is 37.6 Å². The predicted molar refractivity (Wildman–Crippen MR) is 77.3 cm³/mol. The highest BCUT2D eigenvalue weighted by Gasteiger charge is 2.15. The lowest BCUT2D eigenvalue weighted by Crippen LogP contribution is -2.16. The summed E-state index contributed by atoms with van der Waals surface area (Å²) < 4.78 is 0. The van der Waals surface area contributed by atoms with Gasteiger partial charge in [0.15, 0.2) is 0 Å². The van der Waals surface area contributed by atoms with Crippen LogP contribution in [-0.2, 0) is 0 Å². The van der Waals surface area contributed by atoms with Crippen molar-refractivity contribution in [2.75, 3.05) is 5.32 Å². The van der Waals surface area contributed by atoms with Gasteiger partial charge in [0.25, 0.3) is 5.91 Å². The number of hydrogen-bond acceptors (Lipinski definition) is 2. The topological polar surface area (TPSA) is 66.4 Å². The van der Waals surface area contributed by atoms with Crippen LogP contribution < -0.4 is 5.32 Å². The molecule has 1 amide bonds. The first-order valence-electron chi connectivity index (χ1n) is 6.20. The van der Waals surface area contributed by atoms with E-state index in [1.807, 2.05) is 13.0 Å². The minimum Gasteiger partial charge on any atom is -0.478 e. The predicted octanol–water partition coefficient (Wildman–Crippen LogP) is 3.25. The fourth-order valence-corrected chi connectivity index (χ4v) is 1.98. The molecule has 0 atom stereocenters. The summed E-state index contributed by atoms with van der Waals surface area (Å²) in [7, 11) is 0. The number of amides is 1. The molecular weight excluding hydrogens is 254 g/mol. The Morgan fingerprint density at radius 3 is 2.40 bits per heavy atom. The van der Waals surface area contributed by atoms with E-state index in [2.05, 4.69) is 5.32 Å². The Labute approximate surface area is 117 Å². The Hall–Kier alpha value is -2.62. The van der Waals surface area contributed by atoms with Crippen LogP contribution in [0.2, 0.25) is 0 Å². The molecule has 0 saturated carbocycles. The fourth-order valence-electron chi connectivity index (χ4n) is 1.98. The summed E-state index contributed by atoms with van der Waals surface area (Å²) in [5, 5.41) is 11.9. The molecular formula is C16H15NO3. The van der Waals surface area contributed by atoms with Crippen molar-refractivity contribution in [1.29, 1.82) is 0 Å². The molecule has 2 aromatic carbocycles. The normalized spacial score (nSPS) is 10.1. The average molecular weight is 269 g/mol. The highest BCUT2D eigenvalue weighted by Crippen LogP contribution is 2.21. The first-order chi connectivity index (χ1) is 9.49. The third-order valence-electron chi connectivity index (χ3n) is 3.02. The second-order valence-corrected chi connectivity index (χ2v) is 4.63. The van der Waals surface area contributed by atoms with Crippen molar-refractivity contribution in [2.24, 2.45) is 0 Å². The molecule has 0 radical (unpaired) electrons. The number of hydrogen-bond donors (Lipinski definition) is 2. The molecule has 4 nitrogen and oxygen atoms in total. The van der Waals surface area contributed by atoms with Gasteiger partial charge < -0.3 is 10.4 Å². The number of carbonyl (C=O) groups is 2. The van der Waals surface area contributed by atoms with E-state index >= 15 is 0 Å². The molecule has 0 aromatic heterocycles. The fraction of sp³-hybridized carbons (Fsp3) is 0.125. The molecule has 0 aliphatic carbocycles. The molecule has 0 aliphatic rings. The molecule has 2 rings (SSSR count). The number of nitrogens with one attached hydrogen (secondary N) is 1. The maximum atomic E-state index is 12.2. The van der Waals surface area contributed by atoms with Gasteiger partial charge in [0.2, 0.25) is 0 Å². The molecule has 102 valence electrons. The molecule has 0 aliphatic heterocycles. The minimum atomic E-state index is -1.06. The van der Waals surface area contributed by atoms with Crippen LogP contribution in [0.1, 0.15) is 31.8 Å². The van der Waals surface area contributed by atoms with Crippen LogP contribution in [0.5, 0.6) is 0 Å². The molecule has 20 heavy (non-hydrogen) atoms. The largest absolute Gasteiger partial charge is 0.478 e. The van der Waals surface area contributed by atoms with E-state index < -0.39 is 5.97 Å². The molecule has 0 unspecified atom stereocenters. The van der Waals surface area contributed by atoms with E-state index in [0.29, 0.717) is 16.8 Å². The first kappa shape index (κ1) is 13.8. The van der Waals surface area contributed by atoms with Gasteiger partial charge in [0, 0.05) is 5.56 Å². The number of anilines is 1. The number of carbonyl (C=O) groups excluding carboxylic acids is 1. The monoisotopic (exact) mass is 269 g/mol. The van der Waals surface area contributed by atoms with Crippen LogP contribution in [0.4, 0.5) is 5.69 Å². The number of aromatic carboxylic acids is 1. The van der Waals surface area contributed by atoms with Gasteiger partial charge in [-0.15, -0.1) is 0 Å². The molecule has 4 heteroatoms. The van der Waals surface area contributed by atoms with Crippen molar-refractivity contribution in [2.45, 2.75) is 13.8 Å². The molecule has 0 heterocycles. The number of para-hydroxylation sites is 1. The lowest BCUT2D eigenvalue weighted by Gasteiger charge is -2.11. The Morgan fingerprint density at radius 2 is 1.75 bits per heavy atom. The zero-order chi connectivity index (χ0) is 14.7. The molecule has 0 spiro atoms. The summed E-state index contributed by atoms with van der Waals surface area (Å²) in [6.07, 6.45) is 0. The van der Waals surface area contributed by atoms with Crippen LogP contribution in [0, 0.1) is 13.8 Å². The van der Waals surface area contributed by atoms with Gasteiger partial charge in [-0.25, -0.2) is 4.79 Å². The summed E-state index contributed by atoms with van der Waals surface area (Å²) in [6, 6.07) is 12.0. The molecule has 0 bridgehead atoms. The Kier molecular flexibility index (Phi) is 3.84. The zero-order valence-corrected chi connectivity index (χ0v) is 11.3. The molecule has 0 fully saturated rings. The maximum Gasteiger partial charge on any atom is 0.337 e. The van der Waals surface area contributed by atoms with Gasteiger partial charge in [0.1, 0.15) is 0 Å². The molecule has 2 aromatic rings. The summed E-state index contributed by atoms with van der Waals surface area (Å²) in [5.74, 6) is -1.38. The van der Waals surface area contributed by atoms with Crippen LogP contribution in [0.25, 0.3) is 0 Å². The minimum absolute atomic E-state index is 0.0889. The summed E-state index contributed by atoms with van der Waals surface area (Å²) >= 11 is 0. The van der Waals surface area contributed by atoms with Crippen LogP contribution in [-0.4, -0.2) is 17.0 Å². The Balaban J connectivity index is 2.35. The first-order valence-corrected chi connectivity index (χ1v) is 6.20. The zero-order valence-electron chi connectivity index (χ0n) is 11.3. The number of benzene rings is 2. The summed E-state index contributed by atoms with van der Waals surface area (Å²) in [6.45, 7) is 3.66. The van der Waals surface area contributed by atoms with E-state index in [-0.39, 0.29) is 11.5 Å². The summed E-state index contributed by atoms with van der Waals surface area (Å²) in [5.41, 5.74) is 2.62. The van der Waals surface area contributed by atoms with Gasteiger partial charge in [-0.1, -0.05) is 29.8 Å². The number of carboxylic acids is 1. The van der Waals surface area contributed by atoms with Gasteiger partial charge in [-0.2, -0.15) is 0 Å². The highest BCUT2D eigenvalue weighted by molar-refractivity contribution is 6.08. The van der Waals surface area contributed by atoms with E-state index in [1.165, 1.54) is 6.07 Å². The summed E-state index contributed by atoms with van der Waals surface area (Å²) in [4.78, 5) is 23.4. The smallest absolute Gasteiger partial charge is 0.337 e. The molecule has 2 N–H and O–H groups in total. The van der Waals surface area contributed by atoms with Crippen molar-refractivity contribution in [3.8, 4) is 0 Å². The highest BCUT2D eigenvalue weighted by atomic mass is 16.4. The average Bonchev–Trinajstić information content (AvgIpc) is 2.40. The van der Waals surface area contributed by atoms with Crippen LogP contribution in [0.3, 0.4) is 0 Å². The Morgan fingerprint density at radius 1 is 1.05 bits per heavy atom. The van der Waals surface area contributed by atoms with Crippen molar-refractivity contribution < 1.29 is 14.7 Å². The standard InChI is InChI=1S/C16H15NO3/c1-10-5-3-7-12(9-10)15(18)17-14-11(2)6-4-8-13(14)16(19)20/h3-9H,1-2H3,(H,17,18)(H,19,20). The SMILES string of the molecule is Cc1cccc(C(=O)Nc2c(C)cccc2C(=O)O)c1. The Bertz CT molecular complexity index is 677. The van der Waals surface area contributed by atoms with Crippen molar-refractivity contribution >= 4 is 17.6 Å². The number of aryl methyl sites for hydroxylation is 2. The second-order valence-electron chi connectivity index (χ2n) is 4.63. The van der Waals surface area contributed by atoms with Gasteiger partial charge in [-0.3, -0.25) is 4.79 Å². The van der Waals surface area contributed by atoms with E-state index in [0.717, 1.165) is 5.56 Å². The lowest BCUT2D eigenvalue weighted by atomic mass is 10.1. The quantitative estimate of drug-likeness (QED) is 0.898. The van der Waals surface area contributed by atoms with Crippen molar-refractivity contribution in [3.05, 3.63) is 64.7 Å².